The zero-order valence-electron chi connectivity index (χ0n) is 17.9. The molecule has 4 aromatic rings. The van der Waals surface area contributed by atoms with Crippen molar-refractivity contribution in [3.63, 3.8) is 0 Å². The summed E-state index contributed by atoms with van der Waals surface area (Å²) in [5.74, 6) is 1.65. The molecule has 0 aliphatic carbocycles. The molecule has 6 rings (SSSR count). The lowest BCUT2D eigenvalue weighted by atomic mass is 9.97. The molecule has 168 valence electrons. The van der Waals surface area contributed by atoms with Crippen molar-refractivity contribution >= 4 is 27.6 Å². The summed E-state index contributed by atoms with van der Waals surface area (Å²) in [5, 5.41) is 6.86. The summed E-state index contributed by atoms with van der Waals surface area (Å²) < 4.78 is 18.5. The number of hydrogen-bond donors (Lipinski definition) is 0. The van der Waals surface area contributed by atoms with Crippen molar-refractivity contribution in [2.24, 2.45) is 5.10 Å². The molecule has 2 aliphatic heterocycles. The first kappa shape index (κ1) is 20.7. The Morgan fingerprint density at radius 1 is 1.00 bits per heavy atom. The second-order valence-electron chi connectivity index (χ2n) is 8.10. The molecular formula is C27H19BrN2O4. The average Bonchev–Trinajstić information content (AvgIpc) is 3.55. The third-order valence-electron chi connectivity index (χ3n) is 5.94. The van der Waals surface area contributed by atoms with Crippen molar-refractivity contribution in [1.29, 1.82) is 0 Å². The highest BCUT2D eigenvalue weighted by molar-refractivity contribution is 9.10. The fourth-order valence-electron chi connectivity index (χ4n) is 4.31. The van der Waals surface area contributed by atoms with E-state index in [0.717, 1.165) is 32.8 Å². The first-order chi connectivity index (χ1) is 16.7. The molecular weight excluding hydrogens is 496 g/mol. The van der Waals surface area contributed by atoms with Gasteiger partial charge in [0.15, 0.2) is 0 Å². The summed E-state index contributed by atoms with van der Waals surface area (Å²) in [4.78, 5) is 12.4. The van der Waals surface area contributed by atoms with E-state index in [1.54, 1.807) is 42.7 Å². The van der Waals surface area contributed by atoms with Crippen LogP contribution in [-0.4, -0.2) is 16.7 Å². The molecule has 0 fully saturated rings. The Labute approximate surface area is 204 Å². The van der Waals surface area contributed by atoms with Gasteiger partial charge in [0.1, 0.15) is 23.0 Å². The standard InChI is InChI=1S/C27H19BrN2O4/c28-19-10-13-24-21(15-19)23-16-22(25-7-4-14-32-25)29-30(23)26(34-24)17-8-11-20(12-9-17)33-27(31)18-5-2-1-3-6-18/h1-15,23,26H,16H2/t23-,26-/m0/s1. The quantitative estimate of drug-likeness (QED) is 0.229. The van der Waals surface area contributed by atoms with Gasteiger partial charge in [0.2, 0.25) is 6.23 Å². The maximum absolute atomic E-state index is 12.4. The Hall–Kier alpha value is -3.84. The number of halogens is 1. The van der Waals surface area contributed by atoms with Crippen LogP contribution in [0.2, 0.25) is 0 Å². The summed E-state index contributed by atoms with van der Waals surface area (Å²) in [7, 11) is 0. The van der Waals surface area contributed by atoms with Crippen LogP contribution >= 0.6 is 15.9 Å². The van der Waals surface area contributed by atoms with Gasteiger partial charge in [-0.15, -0.1) is 0 Å². The number of rotatable bonds is 4. The van der Waals surface area contributed by atoms with E-state index in [4.69, 9.17) is 19.0 Å². The number of esters is 1. The van der Waals surface area contributed by atoms with E-state index >= 15 is 0 Å². The van der Waals surface area contributed by atoms with Gasteiger partial charge in [-0.1, -0.05) is 34.1 Å². The first-order valence-corrected chi connectivity index (χ1v) is 11.7. The number of furan rings is 1. The number of hydrogen-bond acceptors (Lipinski definition) is 6. The molecule has 34 heavy (non-hydrogen) atoms. The third kappa shape index (κ3) is 3.78. The molecule has 0 saturated heterocycles. The summed E-state index contributed by atoms with van der Waals surface area (Å²) in [6, 6.07) is 26.1. The topological polar surface area (TPSA) is 64.3 Å². The van der Waals surface area contributed by atoms with Crippen LogP contribution in [0.1, 0.15) is 45.9 Å². The maximum atomic E-state index is 12.4. The van der Waals surface area contributed by atoms with Gasteiger partial charge >= 0.3 is 5.97 Å². The van der Waals surface area contributed by atoms with E-state index in [0.29, 0.717) is 17.7 Å². The van der Waals surface area contributed by atoms with Gasteiger partial charge in [0.25, 0.3) is 0 Å². The molecule has 0 radical (unpaired) electrons. The van der Waals surface area contributed by atoms with E-state index in [-0.39, 0.29) is 6.04 Å². The van der Waals surface area contributed by atoms with Crippen molar-refractivity contribution in [3.05, 3.63) is 118 Å². The number of carbonyl (C=O) groups is 1. The Morgan fingerprint density at radius 2 is 1.82 bits per heavy atom. The lowest BCUT2D eigenvalue weighted by molar-refractivity contribution is -0.0191. The largest absolute Gasteiger partial charge is 0.464 e. The second kappa shape index (κ2) is 8.50. The fraction of sp³-hybridized carbons (Fsp3) is 0.111. The molecule has 1 aromatic heterocycles. The monoisotopic (exact) mass is 514 g/mol. The van der Waals surface area contributed by atoms with Crippen molar-refractivity contribution in [3.8, 4) is 11.5 Å². The van der Waals surface area contributed by atoms with Gasteiger partial charge in [-0.2, -0.15) is 5.10 Å². The normalized spacial score (nSPS) is 18.5. The lowest BCUT2D eigenvalue weighted by Gasteiger charge is -2.38. The van der Waals surface area contributed by atoms with E-state index in [1.807, 2.05) is 47.5 Å². The van der Waals surface area contributed by atoms with E-state index in [9.17, 15) is 4.79 Å². The van der Waals surface area contributed by atoms with Crippen LogP contribution in [-0.2, 0) is 0 Å². The fourth-order valence-corrected chi connectivity index (χ4v) is 4.69. The average molecular weight is 515 g/mol. The van der Waals surface area contributed by atoms with Crippen molar-refractivity contribution < 1.29 is 18.7 Å². The van der Waals surface area contributed by atoms with Gasteiger partial charge in [-0.25, -0.2) is 9.80 Å². The van der Waals surface area contributed by atoms with Crippen LogP contribution < -0.4 is 9.47 Å². The summed E-state index contributed by atoms with van der Waals surface area (Å²) in [5.41, 5.74) is 3.36. The highest BCUT2D eigenvalue weighted by atomic mass is 79.9. The van der Waals surface area contributed by atoms with Gasteiger partial charge in [-0.3, -0.25) is 0 Å². The summed E-state index contributed by atoms with van der Waals surface area (Å²) in [6.07, 6.45) is 1.94. The SMILES string of the molecule is O=C(Oc1ccc([C@@H]2Oc3ccc(Br)cc3[C@@H]3CC(c4ccco4)=NN32)cc1)c1ccccc1. The molecule has 0 N–H and O–H groups in total. The molecule has 7 heteroatoms. The Balaban J connectivity index is 1.30. The lowest BCUT2D eigenvalue weighted by Crippen LogP contribution is -2.33. The molecule has 0 spiro atoms. The Bertz CT molecular complexity index is 1370. The van der Waals surface area contributed by atoms with Crippen molar-refractivity contribution in [2.45, 2.75) is 18.7 Å². The van der Waals surface area contributed by atoms with Crippen LogP contribution in [0, 0.1) is 0 Å². The number of hydrazone groups is 1. The Morgan fingerprint density at radius 3 is 2.59 bits per heavy atom. The zero-order chi connectivity index (χ0) is 23.1. The van der Waals surface area contributed by atoms with Crippen molar-refractivity contribution in [2.75, 3.05) is 0 Å². The number of benzene rings is 3. The second-order valence-corrected chi connectivity index (χ2v) is 9.02. The molecule has 0 amide bonds. The molecule has 0 saturated carbocycles. The third-order valence-corrected chi connectivity index (χ3v) is 6.44. The van der Waals surface area contributed by atoms with Crippen LogP contribution in [0.5, 0.6) is 11.5 Å². The minimum atomic E-state index is -0.426. The molecule has 2 atom stereocenters. The summed E-state index contributed by atoms with van der Waals surface area (Å²) >= 11 is 3.57. The Kier molecular flexibility index (Phi) is 5.19. The van der Waals surface area contributed by atoms with Crippen LogP contribution in [0.15, 0.2) is 105 Å². The van der Waals surface area contributed by atoms with Crippen molar-refractivity contribution in [1.82, 2.24) is 5.01 Å². The number of ether oxygens (including phenoxy) is 2. The molecule has 0 unspecified atom stereocenters. The predicted molar refractivity (Wildman–Crippen MR) is 130 cm³/mol. The highest BCUT2D eigenvalue weighted by Crippen LogP contribution is 2.48. The van der Waals surface area contributed by atoms with Gasteiger partial charge in [0.05, 0.1) is 17.9 Å². The van der Waals surface area contributed by atoms with Crippen LogP contribution in [0.4, 0.5) is 0 Å². The summed E-state index contributed by atoms with van der Waals surface area (Å²) in [6.45, 7) is 0. The molecule has 6 nitrogen and oxygen atoms in total. The molecule has 0 bridgehead atoms. The first-order valence-electron chi connectivity index (χ1n) is 10.9. The van der Waals surface area contributed by atoms with E-state index in [2.05, 4.69) is 22.0 Å². The molecule has 3 aromatic carbocycles. The highest BCUT2D eigenvalue weighted by Gasteiger charge is 2.41. The number of carbonyl (C=O) groups excluding carboxylic acids is 1. The number of fused-ring (bicyclic) bond motifs is 3. The van der Waals surface area contributed by atoms with Gasteiger partial charge in [-0.05, 0) is 66.7 Å². The minimum absolute atomic E-state index is 0.0157. The molecule has 3 heterocycles. The number of nitrogens with zero attached hydrogens (tertiary/aromatic N) is 2. The maximum Gasteiger partial charge on any atom is 0.343 e. The van der Waals surface area contributed by atoms with E-state index < -0.39 is 12.2 Å². The smallest absolute Gasteiger partial charge is 0.343 e. The zero-order valence-corrected chi connectivity index (χ0v) is 19.5. The predicted octanol–water partition coefficient (Wildman–Crippen LogP) is 6.50. The molecule has 2 aliphatic rings. The van der Waals surface area contributed by atoms with E-state index in [1.165, 1.54) is 0 Å². The van der Waals surface area contributed by atoms with Crippen LogP contribution in [0.3, 0.4) is 0 Å². The minimum Gasteiger partial charge on any atom is -0.464 e. The van der Waals surface area contributed by atoms with Gasteiger partial charge in [0, 0.05) is 22.0 Å². The van der Waals surface area contributed by atoms with Crippen LogP contribution in [0.25, 0.3) is 0 Å². The van der Waals surface area contributed by atoms with Gasteiger partial charge < -0.3 is 13.9 Å².